The van der Waals surface area contributed by atoms with Gasteiger partial charge in [-0.2, -0.15) is 0 Å². The molecule has 0 saturated heterocycles. The summed E-state index contributed by atoms with van der Waals surface area (Å²) in [6.45, 7) is 0.942. The van der Waals surface area contributed by atoms with Crippen molar-refractivity contribution in [2.24, 2.45) is 11.7 Å². The molecule has 1 aliphatic rings. The van der Waals surface area contributed by atoms with Gasteiger partial charge in [0.05, 0.1) is 0 Å². The molecule has 0 aliphatic heterocycles. The van der Waals surface area contributed by atoms with Crippen LogP contribution in [0.25, 0.3) is 0 Å². The molecular weight excluding hydrogens is 176 g/mol. The average molecular weight is 192 g/mol. The Morgan fingerprint density at radius 1 is 1.36 bits per heavy atom. The summed E-state index contributed by atoms with van der Waals surface area (Å²) >= 11 is 0. The highest BCUT2D eigenvalue weighted by Crippen LogP contribution is 2.23. The fourth-order valence-electron chi connectivity index (χ4n) is 1.93. The van der Waals surface area contributed by atoms with Gasteiger partial charge in [0.1, 0.15) is 0 Å². The van der Waals surface area contributed by atoms with Gasteiger partial charge in [0, 0.05) is 25.0 Å². The number of nitrogens with two attached hydrogens (primary N) is 1. The summed E-state index contributed by atoms with van der Waals surface area (Å²) in [5, 5.41) is 3.23. The van der Waals surface area contributed by atoms with Gasteiger partial charge in [0.2, 0.25) is 5.95 Å². The smallest absolute Gasteiger partial charge is 0.222 e. The summed E-state index contributed by atoms with van der Waals surface area (Å²) in [6.07, 6.45) is 6.99. The van der Waals surface area contributed by atoms with Crippen LogP contribution in [-0.2, 0) is 0 Å². The van der Waals surface area contributed by atoms with E-state index >= 15 is 0 Å². The Morgan fingerprint density at radius 2 is 2.14 bits per heavy atom. The van der Waals surface area contributed by atoms with Crippen LogP contribution in [0.4, 0.5) is 5.95 Å². The predicted molar refractivity (Wildman–Crippen MR) is 55.8 cm³/mol. The fraction of sp³-hybridized carbons (Fsp3) is 0.600. The lowest BCUT2D eigenvalue weighted by Gasteiger charge is -2.10. The van der Waals surface area contributed by atoms with Crippen molar-refractivity contribution in [3.05, 3.63) is 18.5 Å². The Labute approximate surface area is 83.9 Å². The number of aromatic nitrogens is 2. The lowest BCUT2D eigenvalue weighted by molar-refractivity contribution is 0.564. The molecule has 0 amide bonds. The molecule has 4 heteroatoms. The van der Waals surface area contributed by atoms with Crippen LogP contribution >= 0.6 is 0 Å². The highest BCUT2D eigenvalue weighted by molar-refractivity contribution is 5.22. The summed E-state index contributed by atoms with van der Waals surface area (Å²) in [5.74, 6) is 1.40. The van der Waals surface area contributed by atoms with Crippen molar-refractivity contribution in [3.63, 3.8) is 0 Å². The molecule has 0 unspecified atom stereocenters. The van der Waals surface area contributed by atoms with Gasteiger partial charge in [-0.25, -0.2) is 9.97 Å². The van der Waals surface area contributed by atoms with E-state index in [1.165, 1.54) is 6.42 Å². The number of nitrogens with one attached hydrogen (secondary N) is 1. The Balaban J connectivity index is 1.78. The molecule has 0 bridgehead atoms. The van der Waals surface area contributed by atoms with Crippen molar-refractivity contribution in [2.45, 2.75) is 25.3 Å². The van der Waals surface area contributed by atoms with E-state index in [1.54, 1.807) is 12.4 Å². The van der Waals surface area contributed by atoms with Crippen LogP contribution in [0.3, 0.4) is 0 Å². The van der Waals surface area contributed by atoms with Gasteiger partial charge in [-0.05, 0) is 31.2 Å². The molecule has 1 aliphatic carbocycles. The zero-order chi connectivity index (χ0) is 9.80. The maximum absolute atomic E-state index is 5.84. The second-order valence-corrected chi connectivity index (χ2v) is 3.89. The van der Waals surface area contributed by atoms with Gasteiger partial charge in [0.15, 0.2) is 0 Å². The summed E-state index contributed by atoms with van der Waals surface area (Å²) < 4.78 is 0. The van der Waals surface area contributed by atoms with Crippen LogP contribution in [0.1, 0.15) is 19.3 Å². The summed E-state index contributed by atoms with van der Waals surface area (Å²) in [7, 11) is 0. The predicted octanol–water partition coefficient (Wildman–Crippen LogP) is 1.02. The van der Waals surface area contributed by atoms with Gasteiger partial charge in [0.25, 0.3) is 0 Å². The molecule has 1 aromatic rings. The number of hydrogen-bond donors (Lipinski definition) is 2. The Morgan fingerprint density at radius 3 is 2.79 bits per heavy atom. The fourth-order valence-corrected chi connectivity index (χ4v) is 1.93. The third kappa shape index (κ3) is 2.42. The highest BCUT2D eigenvalue weighted by Gasteiger charge is 2.21. The van der Waals surface area contributed by atoms with Gasteiger partial charge < -0.3 is 11.1 Å². The highest BCUT2D eigenvalue weighted by atomic mass is 15.1. The second kappa shape index (κ2) is 4.37. The molecule has 0 aromatic carbocycles. The maximum atomic E-state index is 5.84. The van der Waals surface area contributed by atoms with Crippen LogP contribution in [0, 0.1) is 5.92 Å². The topological polar surface area (TPSA) is 63.8 Å². The van der Waals surface area contributed by atoms with Crippen molar-refractivity contribution in [1.82, 2.24) is 9.97 Å². The lowest BCUT2D eigenvalue weighted by atomic mass is 10.1. The van der Waals surface area contributed by atoms with Crippen molar-refractivity contribution >= 4 is 5.95 Å². The van der Waals surface area contributed by atoms with Crippen LogP contribution in [0.5, 0.6) is 0 Å². The molecule has 2 rings (SSSR count). The zero-order valence-corrected chi connectivity index (χ0v) is 8.19. The van der Waals surface area contributed by atoms with Crippen LogP contribution in [0.2, 0.25) is 0 Å². The van der Waals surface area contributed by atoms with Gasteiger partial charge in [-0.3, -0.25) is 0 Å². The van der Waals surface area contributed by atoms with Gasteiger partial charge in [-0.1, -0.05) is 0 Å². The molecular formula is C10H16N4. The lowest BCUT2D eigenvalue weighted by Crippen LogP contribution is -2.18. The van der Waals surface area contributed by atoms with E-state index in [-0.39, 0.29) is 0 Å². The third-order valence-electron chi connectivity index (χ3n) is 2.70. The van der Waals surface area contributed by atoms with E-state index in [4.69, 9.17) is 5.73 Å². The quantitative estimate of drug-likeness (QED) is 0.750. The van der Waals surface area contributed by atoms with E-state index in [1.807, 2.05) is 6.07 Å². The number of rotatable bonds is 3. The van der Waals surface area contributed by atoms with Gasteiger partial charge >= 0.3 is 0 Å². The average Bonchev–Trinajstić information content (AvgIpc) is 2.63. The third-order valence-corrected chi connectivity index (χ3v) is 2.70. The normalized spacial score (nSPS) is 26.4. The van der Waals surface area contributed by atoms with Crippen LogP contribution in [0.15, 0.2) is 18.5 Å². The second-order valence-electron chi connectivity index (χ2n) is 3.89. The van der Waals surface area contributed by atoms with Crippen LogP contribution < -0.4 is 11.1 Å². The first-order valence-electron chi connectivity index (χ1n) is 5.11. The number of anilines is 1. The first-order valence-corrected chi connectivity index (χ1v) is 5.11. The summed E-state index contributed by atoms with van der Waals surface area (Å²) in [6, 6.07) is 2.22. The molecule has 4 nitrogen and oxygen atoms in total. The molecule has 2 atom stereocenters. The van der Waals surface area contributed by atoms with Crippen molar-refractivity contribution in [3.8, 4) is 0 Å². The standard InChI is InChI=1S/C10H16N4/c11-9-3-2-8(6-9)7-14-10-12-4-1-5-13-10/h1,4-5,8-9H,2-3,6-7,11H2,(H,12,13,14)/t8-,9+/m1/s1. The number of nitrogens with zero attached hydrogens (tertiary/aromatic N) is 2. The largest absolute Gasteiger partial charge is 0.354 e. The van der Waals surface area contributed by atoms with Gasteiger partial charge in [-0.15, -0.1) is 0 Å². The molecule has 1 fully saturated rings. The first-order chi connectivity index (χ1) is 6.84. The maximum Gasteiger partial charge on any atom is 0.222 e. The summed E-state index contributed by atoms with van der Waals surface area (Å²) in [5.41, 5.74) is 5.84. The van der Waals surface area contributed by atoms with Crippen molar-refractivity contribution in [1.29, 1.82) is 0 Å². The molecule has 0 spiro atoms. The first kappa shape index (κ1) is 9.40. The summed E-state index contributed by atoms with van der Waals surface area (Å²) in [4.78, 5) is 8.21. The van der Waals surface area contributed by atoms with Crippen LogP contribution in [-0.4, -0.2) is 22.6 Å². The van der Waals surface area contributed by atoms with Crippen molar-refractivity contribution < 1.29 is 0 Å². The molecule has 0 radical (unpaired) electrons. The van der Waals surface area contributed by atoms with E-state index < -0.39 is 0 Å². The minimum Gasteiger partial charge on any atom is -0.354 e. The van der Waals surface area contributed by atoms with E-state index in [0.29, 0.717) is 17.9 Å². The SMILES string of the molecule is N[C@H]1CC[C@@H](CNc2ncccn2)C1. The minimum atomic E-state index is 0.401. The molecule has 1 heterocycles. The van der Waals surface area contributed by atoms with E-state index in [0.717, 1.165) is 19.4 Å². The monoisotopic (exact) mass is 192 g/mol. The Kier molecular flexibility index (Phi) is 2.93. The Hall–Kier alpha value is -1.16. The molecule has 1 saturated carbocycles. The molecule has 76 valence electrons. The zero-order valence-electron chi connectivity index (χ0n) is 8.19. The number of hydrogen-bond acceptors (Lipinski definition) is 4. The van der Waals surface area contributed by atoms with E-state index in [9.17, 15) is 0 Å². The van der Waals surface area contributed by atoms with Crippen molar-refractivity contribution in [2.75, 3.05) is 11.9 Å². The Bertz CT molecular complexity index is 275. The minimum absolute atomic E-state index is 0.401. The molecule has 14 heavy (non-hydrogen) atoms. The van der Waals surface area contributed by atoms with E-state index in [2.05, 4.69) is 15.3 Å². The molecule has 3 N–H and O–H groups in total. The molecule has 1 aromatic heterocycles.